The molecule has 135 heavy (non-hydrogen) atoms. The zero-order chi connectivity index (χ0) is 96.1. The Morgan fingerprint density at radius 2 is 0.807 bits per heavy atom. The number of nitrogens with zero attached hydrogens (tertiary/aromatic N) is 8. The van der Waals surface area contributed by atoms with Crippen LogP contribution in [0.25, 0.3) is 118 Å². The number of morpholine rings is 1. The van der Waals surface area contributed by atoms with E-state index in [-0.39, 0.29) is 33.8 Å². The summed E-state index contributed by atoms with van der Waals surface area (Å²) in [6.45, 7) is 12.4. The van der Waals surface area contributed by atoms with Crippen LogP contribution in [-0.2, 0) is 21.0 Å². The number of nitrogens with two attached hydrogens (primary N) is 11. The molecule has 23 N–H and O–H groups in total. The minimum Gasteiger partial charge on any atom is -0.492 e. The van der Waals surface area contributed by atoms with E-state index in [1.54, 1.807) is 97.2 Å². The maximum absolute atomic E-state index is 13.8. The first-order valence-corrected chi connectivity index (χ1v) is 47.6. The number of thiophene rings is 6. The number of nitrogen functional groups attached to an aromatic ring is 6. The van der Waals surface area contributed by atoms with Crippen LogP contribution in [0.3, 0.4) is 0 Å². The highest BCUT2D eigenvalue weighted by molar-refractivity contribution is 7.90. The standard InChI is InChI=1S/C20H22N4O3S.C17H14N4OS.C15H13N3O3S2.C15H11N3O2S.C15H13N3OS.C14H10FN3OS/c21-19-15-11-17(28-18(15)16(12-23-19)20(22)25)13-1-3-14(4-2-13)27-10-7-24-5-8-26-9-6-24;1-20-6-5-10-3-2-4-11(7-10)14-8-12-15(23-14)13(17(19)22)9-21-16(12)18;1-23(20,21)9-4-2-8(3-5-9)12-6-10-13(22-12)11(15(17)19)7-18-14(10)16;16-14-9-6-11(12(19)8-4-2-1-3-5-8)21-13(9)10(7-18-14)15(17)20;1-17-15(19)11-8-18-14(16)10-7-12(20-13(10)11)9-5-3-2-4-6-9;15-10-4-2-1-3-7(10)11-5-8-12(20-11)9(14(17)19)6-18-13(8)16/h1-4,11-12H,5-10H2,(H2,21,23)(H2,22,25);2-4,7-9H,5-6H2,(H2,18,21)(H2,19,22);2-7H,1H3,(H2,16,18)(H2,17,19);1-7H,(H2,16,18)(H2,17,20);2-8H,1H3,(H2,16,18)(H,17,19);1-6H,(H2,16,18)(H2,17,19). The highest BCUT2D eigenvalue weighted by Gasteiger charge is 2.24. The molecule has 1 aliphatic rings. The number of sulfone groups is 1. The lowest BCUT2D eigenvalue weighted by Crippen LogP contribution is -2.38. The number of primary amides is 5. The normalized spacial score (nSPS) is 11.7. The van der Waals surface area contributed by atoms with Crippen LogP contribution in [0, 0.1) is 12.4 Å². The number of hydrogen-bond acceptors (Lipinski definition) is 30. The summed E-state index contributed by atoms with van der Waals surface area (Å²) in [5, 5.41) is 6.81. The lowest BCUT2D eigenvalue weighted by Gasteiger charge is -2.26. The maximum Gasteiger partial charge on any atom is 0.254 e. The average molecular weight is 1940 g/mol. The maximum atomic E-state index is 13.8. The third kappa shape index (κ3) is 22.1. The summed E-state index contributed by atoms with van der Waals surface area (Å²) in [5.74, 6) is -0.396. The molecule has 0 saturated carbocycles. The van der Waals surface area contributed by atoms with Gasteiger partial charge in [0, 0.05) is 144 Å². The minimum atomic E-state index is -3.24. The molecule has 12 aromatic heterocycles. The van der Waals surface area contributed by atoms with Crippen LogP contribution >= 0.6 is 68.0 Å². The SMILES string of the molecule is CNC(=O)c1cnc(N)c2cc(-c3ccccc3)sc12.CS(=O)(=O)c1ccc(-c2cc3c(N)ncc(C(N)=O)c3s2)cc1.NC(=O)c1cnc(N)c2cc(-c3ccc(OCCN4CCOCC4)cc3)sc12.NC(=O)c1cnc(N)c2cc(-c3ccccc3F)sc12.NC(=O)c1cnc(N)c2cc(C(=O)c3ccccc3)sc12.[C-]#[N+]CCc1cccc(-c2cc3c(N)ncc(C(N)=O)c3s2)c1. The molecule has 1 fully saturated rings. The van der Waals surface area contributed by atoms with Crippen LogP contribution in [-0.4, -0.2) is 144 Å². The predicted molar refractivity (Wildman–Crippen MR) is 538 cm³/mol. The summed E-state index contributed by atoms with van der Waals surface area (Å²) in [7, 11) is -1.63. The van der Waals surface area contributed by atoms with Crippen molar-refractivity contribution in [3.8, 4) is 58.0 Å². The number of aromatic nitrogens is 6. The molecular weight excluding hydrogens is 1850 g/mol. The van der Waals surface area contributed by atoms with E-state index >= 15 is 0 Å². The van der Waals surface area contributed by atoms with Gasteiger partial charge < -0.3 is 82.7 Å². The molecule has 6 aromatic carbocycles. The molecular formula is C96H83FN20O11S7. The van der Waals surface area contributed by atoms with Gasteiger partial charge in [-0.15, -0.1) is 68.0 Å². The van der Waals surface area contributed by atoms with E-state index in [4.69, 9.17) is 79.1 Å². The van der Waals surface area contributed by atoms with Gasteiger partial charge in [-0.05, 0) is 107 Å². The van der Waals surface area contributed by atoms with Gasteiger partial charge in [-0.1, -0.05) is 115 Å². The second kappa shape index (κ2) is 42.3. The van der Waals surface area contributed by atoms with E-state index in [0.29, 0.717) is 121 Å². The number of carbonyl (C=O) groups is 7. The topological polar surface area (TPSA) is 555 Å². The molecule has 6 amide bonds. The Balaban J connectivity index is 0.000000130. The number of anilines is 6. The predicted octanol–water partition coefficient (Wildman–Crippen LogP) is 15.4. The number of pyridine rings is 6. The molecule has 13 heterocycles. The lowest BCUT2D eigenvalue weighted by molar-refractivity contribution is 0.0322. The third-order valence-corrected chi connectivity index (χ3v) is 29.3. The van der Waals surface area contributed by atoms with Gasteiger partial charge in [0.25, 0.3) is 35.4 Å². The summed E-state index contributed by atoms with van der Waals surface area (Å²) < 4.78 is 52.3. The molecule has 19 rings (SSSR count). The zero-order valence-electron chi connectivity index (χ0n) is 71.8. The fourth-order valence-electron chi connectivity index (χ4n) is 14.0. The van der Waals surface area contributed by atoms with Crippen molar-refractivity contribution in [2.24, 2.45) is 28.7 Å². The second-order valence-corrected chi connectivity index (χ2v) is 38.2. The van der Waals surface area contributed by atoms with Crippen LogP contribution < -0.4 is 73.1 Å². The summed E-state index contributed by atoms with van der Waals surface area (Å²) in [4.78, 5) is 117. The van der Waals surface area contributed by atoms with Gasteiger partial charge in [0.1, 0.15) is 53.1 Å². The molecule has 682 valence electrons. The molecule has 1 aliphatic heterocycles. The van der Waals surface area contributed by atoms with Crippen molar-refractivity contribution in [1.29, 1.82) is 0 Å². The van der Waals surface area contributed by atoms with Gasteiger partial charge in [-0.25, -0.2) is 49.3 Å². The number of fused-ring (bicyclic) bond motifs is 6. The molecule has 0 spiro atoms. The molecule has 31 nitrogen and oxygen atoms in total. The van der Waals surface area contributed by atoms with Crippen LogP contribution in [0.2, 0.25) is 0 Å². The highest BCUT2D eigenvalue weighted by atomic mass is 32.2. The third-order valence-electron chi connectivity index (χ3n) is 21.0. The number of rotatable bonds is 20. The molecule has 0 radical (unpaired) electrons. The van der Waals surface area contributed by atoms with Gasteiger partial charge in [-0.3, -0.25) is 38.5 Å². The Morgan fingerprint density at radius 1 is 0.444 bits per heavy atom. The smallest absolute Gasteiger partial charge is 0.254 e. The van der Waals surface area contributed by atoms with Crippen LogP contribution in [0.5, 0.6) is 5.75 Å². The first kappa shape index (κ1) is 95.4. The zero-order valence-corrected chi connectivity index (χ0v) is 77.5. The molecule has 39 heteroatoms. The molecule has 1 saturated heterocycles. The fraction of sp³-hybridized carbons (Fsp3) is 0.104. The van der Waals surface area contributed by atoms with E-state index in [9.17, 15) is 46.4 Å². The first-order chi connectivity index (χ1) is 64.8. The lowest BCUT2D eigenvalue weighted by atomic mass is 10.1. The van der Waals surface area contributed by atoms with Crippen molar-refractivity contribution < 1.29 is 55.8 Å². The highest BCUT2D eigenvalue weighted by Crippen LogP contribution is 2.44. The van der Waals surface area contributed by atoms with Gasteiger partial charge in [0.15, 0.2) is 9.84 Å². The second-order valence-electron chi connectivity index (χ2n) is 29.9. The quantitative estimate of drug-likeness (QED) is 0.0249. The number of hydrogen-bond donors (Lipinski definition) is 12. The van der Waals surface area contributed by atoms with E-state index < -0.39 is 39.4 Å². The van der Waals surface area contributed by atoms with Crippen molar-refractivity contribution in [3.63, 3.8) is 0 Å². The van der Waals surface area contributed by atoms with Crippen molar-refractivity contribution in [2.75, 3.05) is 93.7 Å². The summed E-state index contributed by atoms with van der Waals surface area (Å²) in [6.07, 6.45) is 10.3. The van der Waals surface area contributed by atoms with Gasteiger partial charge in [-0.2, -0.15) is 0 Å². The van der Waals surface area contributed by atoms with Crippen molar-refractivity contribution >= 4 is 215 Å². The van der Waals surface area contributed by atoms with Crippen LogP contribution in [0.4, 0.5) is 39.3 Å². The van der Waals surface area contributed by atoms with E-state index in [2.05, 4.69) is 51.0 Å². The Kier molecular flexibility index (Phi) is 29.9. The van der Waals surface area contributed by atoms with Crippen LogP contribution in [0.1, 0.15) is 82.9 Å². The molecule has 18 aromatic rings. The van der Waals surface area contributed by atoms with Crippen molar-refractivity contribution in [2.45, 2.75) is 11.3 Å². The number of ketones is 1. The largest absolute Gasteiger partial charge is 0.492 e. The van der Waals surface area contributed by atoms with Crippen molar-refractivity contribution in [3.05, 3.63) is 298 Å². The van der Waals surface area contributed by atoms with Gasteiger partial charge in [0.2, 0.25) is 12.3 Å². The van der Waals surface area contributed by atoms with E-state index in [0.717, 1.165) is 129 Å². The Bertz CT molecular complexity index is 7750. The molecule has 0 unspecified atom stereocenters. The van der Waals surface area contributed by atoms with Gasteiger partial charge in [0.05, 0.1) is 84.6 Å². The number of amides is 6. The number of nitrogens with one attached hydrogen (secondary N) is 1. The Hall–Kier alpha value is -15.6. The summed E-state index contributed by atoms with van der Waals surface area (Å²) >= 11 is 8.34. The first-order valence-electron chi connectivity index (χ1n) is 40.8. The number of ether oxygens (including phenoxy) is 2. The van der Waals surface area contributed by atoms with Crippen LogP contribution in [0.15, 0.2) is 236 Å². The number of halogens is 1. The number of carbonyl (C=O) groups excluding carboxylic acids is 7. The van der Waals surface area contributed by atoms with Crippen molar-refractivity contribution in [1.82, 2.24) is 40.1 Å². The average Bonchev–Trinajstić information content (AvgIpc) is 1.63. The molecule has 0 aliphatic carbocycles. The van der Waals surface area contributed by atoms with Gasteiger partial charge >= 0.3 is 0 Å². The summed E-state index contributed by atoms with van der Waals surface area (Å²) in [5.41, 5.74) is 70.5. The molecule has 0 bridgehead atoms. The Labute approximate surface area is 794 Å². The monoisotopic (exact) mass is 1930 g/mol. The molecule has 0 atom stereocenters. The summed E-state index contributed by atoms with van der Waals surface area (Å²) in [6, 6.07) is 58.9. The number of benzene rings is 6. The van der Waals surface area contributed by atoms with E-state index in [1.807, 2.05) is 103 Å². The van der Waals surface area contributed by atoms with E-state index in [1.165, 1.54) is 99.9 Å². The Morgan fingerprint density at radius 3 is 1.23 bits per heavy atom. The fourth-order valence-corrected chi connectivity index (χ4v) is 21.7. The minimum absolute atomic E-state index is 0.119.